The van der Waals surface area contributed by atoms with Gasteiger partial charge in [-0.15, -0.1) is 13.2 Å². The summed E-state index contributed by atoms with van der Waals surface area (Å²) in [6.07, 6.45) is -2.38. The smallest absolute Gasteiger partial charge is 0.406 e. The fraction of sp³-hybridized carbons (Fsp3) is 0.406. The number of benzene rings is 2. The van der Waals surface area contributed by atoms with Gasteiger partial charge in [-0.05, 0) is 99.2 Å². The van der Waals surface area contributed by atoms with Gasteiger partial charge in [0.05, 0.1) is 11.3 Å². The van der Waals surface area contributed by atoms with Crippen molar-refractivity contribution in [3.8, 4) is 5.75 Å². The maximum absolute atomic E-state index is 13.4. The summed E-state index contributed by atoms with van der Waals surface area (Å²) in [5.41, 5.74) is 4.21. The van der Waals surface area contributed by atoms with E-state index in [-0.39, 0.29) is 11.7 Å². The van der Waals surface area contributed by atoms with Crippen LogP contribution in [0.4, 0.5) is 29.3 Å². The van der Waals surface area contributed by atoms with Crippen LogP contribution in [0.25, 0.3) is 0 Å². The molecule has 44 heavy (non-hydrogen) atoms. The Labute approximate surface area is 259 Å². The Hall–Kier alpha value is -3.83. The van der Waals surface area contributed by atoms with E-state index < -0.39 is 12.4 Å². The normalized spacial score (nSPS) is 18.3. The Morgan fingerprint density at radius 2 is 1.68 bits per heavy atom. The number of pyridine rings is 1. The van der Waals surface area contributed by atoms with Crippen molar-refractivity contribution < 1.29 is 27.5 Å². The van der Waals surface area contributed by atoms with Gasteiger partial charge in [0.1, 0.15) is 5.75 Å². The highest BCUT2D eigenvalue weighted by Gasteiger charge is 2.42. The summed E-state index contributed by atoms with van der Waals surface area (Å²) >= 11 is 6.37. The van der Waals surface area contributed by atoms with Gasteiger partial charge in [-0.1, -0.05) is 17.7 Å². The molecule has 2 aliphatic rings. The average molecular weight is 630 g/mol. The number of hydrogen-bond acceptors (Lipinski definition) is 5. The molecule has 1 aromatic heterocycles. The second-order valence-corrected chi connectivity index (χ2v) is 11.9. The Balaban J connectivity index is 1.18. The number of carbonyl (C=O) groups excluding carboxylic acids is 2. The predicted molar refractivity (Wildman–Crippen MR) is 163 cm³/mol. The number of nitrogens with zero attached hydrogens (tertiary/aromatic N) is 4. The maximum Gasteiger partial charge on any atom is 0.573 e. The molecule has 5 rings (SSSR count). The number of aromatic nitrogens is 1. The van der Waals surface area contributed by atoms with Gasteiger partial charge in [0, 0.05) is 55.3 Å². The molecule has 2 unspecified atom stereocenters. The molecule has 234 valence electrons. The van der Waals surface area contributed by atoms with E-state index >= 15 is 0 Å². The van der Waals surface area contributed by atoms with Crippen LogP contribution < -0.4 is 15.0 Å². The van der Waals surface area contributed by atoms with E-state index in [1.54, 1.807) is 17.2 Å². The maximum atomic E-state index is 13.4. The fourth-order valence-corrected chi connectivity index (χ4v) is 6.27. The third-order valence-electron chi connectivity index (χ3n) is 8.32. The molecule has 2 aliphatic heterocycles. The van der Waals surface area contributed by atoms with Crippen molar-refractivity contribution in [3.05, 3.63) is 82.1 Å². The molecule has 0 aliphatic carbocycles. The van der Waals surface area contributed by atoms with E-state index in [0.717, 1.165) is 61.7 Å². The van der Waals surface area contributed by atoms with Crippen LogP contribution in [0.15, 0.2) is 54.7 Å². The van der Waals surface area contributed by atoms with E-state index in [4.69, 9.17) is 11.6 Å². The van der Waals surface area contributed by atoms with E-state index in [1.165, 1.54) is 12.1 Å². The SMILES string of the molecule is Cc1ccc(N(CCCN2CC3CN(C(=O)c4c(C)ccnc4C)CC3C2)C(=O)Nc2ccc(OC(F)(F)F)cc2)cc1Cl. The van der Waals surface area contributed by atoms with Crippen molar-refractivity contribution >= 4 is 34.9 Å². The van der Waals surface area contributed by atoms with Gasteiger partial charge in [0.2, 0.25) is 0 Å². The number of rotatable bonds is 8. The lowest BCUT2D eigenvalue weighted by molar-refractivity contribution is -0.274. The minimum atomic E-state index is -4.80. The standard InChI is InChI=1S/C32H35ClF3N5O3/c1-20-5-8-26(15-28(20)33)41(31(43)38-25-6-9-27(10-7-25)44-32(34,35)36)14-4-13-39-16-23-18-40(19-24(23)17-39)30(42)29-21(2)11-12-37-22(29)3/h5-12,15,23-24H,4,13-14,16-19H2,1-3H3,(H,38,43). The first kappa shape index (κ1) is 31.6. The molecular weight excluding hydrogens is 595 g/mol. The zero-order valence-corrected chi connectivity index (χ0v) is 25.6. The number of hydrogen-bond donors (Lipinski definition) is 1. The molecule has 2 saturated heterocycles. The van der Waals surface area contributed by atoms with Gasteiger partial charge < -0.3 is 19.9 Å². The molecule has 0 bridgehead atoms. The first-order valence-corrected chi connectivity index (χ1v) is 14.9. The van der Waals surface area contributed by atoms with Crippen LogP contribution in [0.5, 0.6) is 5.75 Å². The monoisotopic (exact) mass is 629 g/mol. The van der Waals surface area contributed by atoms with Gasteiger partial charge in [-0.2, -0.15) is 0 Å². The highest BCUT2D eigenvalue weighted by molar-refractivity contribution is 6.31. The number of aryl methyl sites for hydroxylation is 3. The molecule has 2 fully saturated rings. The molecule has 3 amide bonds. The van der Waals surface area contributed by atoms with E-state index in [2.05, 4.69) is 19.9 Å². The topological polar surface area (TPSA) is 78.0 Å². The van der Waals surface area contributed by atoms with Crippen molar-refractivity contribution in [1.29, 1.82) is 0 Å². The molecule has 1 N–H and O–H groups in total. The number of fused-ring (bicyclic) bond motifs is 1. The third kappa shape index (κ3) is 7.44. The van der Waals surface area contributed by atoms with Crippen molar-refractivity contribution in [2.45, 2.75) is 33.6 Å². The van der Waals surface area contributed by atoms with Crippen LogP contribution in [0, 0.1) is 32.6 Å². The van der Waals surface area contributed by atoms with Crippen molar-refractivity contribution in [2.24, 2.45) is 11.8 Å². The number of likely N-dealkylation sites (tertiary alicyclic amines) is 2. The molecule has 0 radical (unpaired) electrons. The molecule has 2 atom stereocenters. The fourth-order valence-electron chi connectivity index (χ4n) is 6.10. The molecular formula is C32H35ClF3N5O3. The molecule has 2 aromatic carbocycles. The molecule has 0 spiro atoms. The van der Waals surface area contributed by atoms with Crippen LogP contribution in [0.3, 0.4) is 0 Å². The quantitative estimate of drug-likeness (QED) is 0.300. The van der Waals surface area contributed by atoms with Crippen molar-refractivity contribution in [3.63, 3.8) is 0 Å². The number of nitrogens with one attached hydrogen (secondary N) is 1. The van der Waals surface area contributed by atoms with Gasteiger partial charge >= 0.3 is 12.4 Å². The van der Waals surface area contributed by atoms with Gasteiger partial charge in [-0.25, -0.2) is 4.79 Å². The summed E-state index contributed by atoms with van der Waals surface area (Å²) in [7, 11) is 0. The lowest BCUT2D eigenvalue weighted by atomic mass is 10.0. The minimum absolute atomic E-state index is 0.0509. The van der Waals surface area contributed by atoms with E-state index in [0.29, 0.717) is 46.8 Å². The van der Waals surface area contributed by atoms with Gasteiger partial charge in [-0.3, -0.25) is 14.7 Å². The summed E-state index contributed by atoms with van der Waals surface area (Å²) in [6, 6.07) is 11.8. The Bertz CT molecular complexity index is 1480. The molecule has 12 heteroatoms. The summed E-state index contributed by atoms with van der Waals surface area (Å²) < 4.78 is 41.5. The second kappa shape index (κ2) is 13.0. The Morgan fingerprint density at radius 3 is 2.30 bits per heavy atom. The minimum Gasteiger partial charge on any atom is -0.406 e. The van der Waals surface area contributed by atoms with Crippen LogP contribution >= 0.6 is 11.6 Å². The number of anilines is 2. The van der Waals surface area contributed by atoms with E-state index in [1.807, 2.05) is 43.9 Å². The molecule has 8 nitrogen and oxygen atoms in total. The molecule has 3 aromatic rings. The number of carbonyl (C=O) groups is 2. The molecule has 0 saturated carbocycles. The highest BCUT2D eigenvalue weighted by Crippen LogP contribution is 2.33. The lowest BCUT2D eigenvalue weighted by Gasteiger charge is -2.26. The van der Waals surface area contributed by atoms with E-state index in [9.17, 15) is 22.8 Å². The summed E-state index contributed by atoms with van der Waals surface area (Å²) in [5.74, 6) is 0.476. The number of alkyl halides is 3. The Kier molecular flexibility index (Phi) is 9.36. The number of urea groups is 1. The summed E-state index contributed by atoms with van der Waals surface area (Å²) in [6.45, 7) is 10.1. The van der Waals surface area contributed by atoms with Crippen LogP contribution in [-0.2, 0) is 0 Å². The first-order chi connectivity index (χ1) is 20.9. The van der Waals surface area contributed by atoms with Crippen LogP contribution in [0.2, 0.25) is 5.02 Å². The third-order valence-corrected chi connectivity index (χ3v) is 8.73. The lowest BCUT2D eigenvalue weighted by Crippen LogP contribution is -2.38. The number of halogens is 4. The Morgan fingerprint density at radius 1 is 1.00 bits per heavy atom. The first-order valence-electron chi connectivity index (χ1n) is 14.5. The second-order valence-electron chi connectivity index (χ2n) is 11.5. The highest BCUT2D eigenvalue weighted by atomic mass is 35.5. The largest absolute Gasteiger partial charge is 0.573 e. The zero-order valence-electron chi connectivity index (χ0n) is 24.8. The van der Waals surface area contributed by atoms with Gasteiger partial charge in [0.15, 0.2) is 0 Å². The number of ether oxygens (including phenoxy) is 1. The summed E-state index contributed by atoms with van der Waals surface area (Å²) in [4.78, 5) is 36.9. The van der Waals surface area contributed by atoms with Crippen molar-refractivity contribution in [2.75, 3.05) is 49.5 Å². The van der Waals surface area contributed by atoms with Crippen LogP contribution in [-0.4, -0.2) is 72.4 Å². The summed E-state index contributed by atoms with van der Waals surface area (Å²) in [5, 5.41) is 3.29. The van der Waals surface area contributed by atoms with Crippen LogP contribution in [0.1, 0.15) is 33.6 Å². The number of amides is 3. The average Bonchev–Trinajstić information content (AvgIpc) is 3.52. The molecule has 3 heterocycles. The zero-order chi connectivity index (χ0) is 31.6. The predicted octanol–water partition coefficient (Wildman–Crippen LogP) is 6.69. The van der Waals surface area contributed by atoms with Gasteiger partial charge in [0.25, 0.3) is 5.91 Å². The van der Waals surface area contributed by atoms with Crippen molar-refractivity contribution in [1.82, 2.24) is 14.8 Å².